The first-order chi connectivity index (χ1) is 10.1. The number of fused-ring (bicyclic) bond motifs is 5. The van der Waals surface area contributed by atoms with E-state index < -0.39 is 0 Å². The van der Waals surface area contributed by atoms with Gasteiger partial charge in [0.15, 0.2) is 0 Å². The lowest BCUT2D eigenvalue weighted by atomic mass is 9.50. The molecule has 4 saturated carbocycles. The van der Waals surface area contributed by atoms with Gasteiger partial charge in [-0.15, -0.1) is 0 Å². The molecule has 4 aliphatic carbocycles. The summed E-state index contributed by atoms with van der Waals surface area (Å²) >= 11 is 0. The molecule has 0 aromatic carbocycles. The van der Waals surface area contributed by atoms with Crippen LogP contribution >= 0.6 is 0 Å². The number of ether oxygens (including phenoxy) is 1. The fourth-order valence-corrected chi connectivity index (χ4v) is 7.32. The summed E-state index contributed by atoms with van der Waals surface area (Å²) in [6.07, 6.45) is 12.0. The molecule has 8 atom stereocenters. The maximum absolute atomic E-state index is 10.00. The lowest BCUT2D eigenvalue weighted by molar-refractivity contribution is -0.0719. The van der Waals surface area contributed by atoms with Gasteiger partial charge in [0.2, 0.25) is 0 Å². The molecule has 0 aromatic rings. The first-order valence-electron chi connectivity index (χ1n) is 9.43. The summed E-state index contributed by atoms with van der Waals surface area (Å²) in [4.78, 5) is 0. The molecule has 0 amide bonds. The van der Waals surface area contributed by atoms with E-state index in [1.165, 1.54) is 44.9 Å². The molecule has 5 fully saturated rings. The van der Waals surface area contributed by atoms with Gasteiger partial charge in [0, 0.05) is 5.41 Å². The van der Waals surface area contributed by atoms with Crippen molar-refractivity contribution in [3.8, 4) is 0 Å². The fourth-order valence-electron chi connectivity index (χ4n) is 7.32. The van der Waals surface area contributed by atoms with Crippen molar-refractivity contribution in [1.29, 1.82) is 0 Å². The van der Waals surface area contributed by atoms with Crippen LogP contribution in [0.15, 0.2) is 0 Å². The Balaban J connectivity index is 1.40. The van der Waals surface area contributed by atoms with Gasteiger partial charge >= 0.3 is 0 Å². The molecule has 2 heteroatoms. The lowest BCUT2D eigenvalue weighted by Crippen LogP contribution is -2.49. The van der Waals surface area contributed by atoms with E-state index >= 15 is 0 Å². The third-order valence-corrected chi connectivity index (χ3v) is 8.65. The summed E-state index contributed by atoms with van der Waals surface area (Å²) in [6, 6.07) is 0. The van der Waals surface area contributed by atoms with Crippen molar-refractivity contribution < 1.29 is 9.84 Å². The second-order valence-electron chi connectivity index (χ2n) is 9.27. The van der Waals surface area contributed by atoms with Crippen molar-refractivity contribution in [2.75, 3.05) is 6.61 Å². The minimum absolute atomic E-state index is 0.00581. The molecule has 5 aliphatic rings. The molecule has 2 unspecified atom stereocenters. The van der Waals surface area contributed by atoms with Gasteiger partial charge in [-0.25, -0.2) is 0 Å². The van der Waals surface area contributed by atoms with Crippen LogP contribution in [0.5, 0.6) is 0 Å². The average molecular weight is 290 g/mol. The van der Waals surface area contributed by atoms with Gasteiger partial charge in [-0.1, -0.05) is 6.92 Å². The van der Waals surface area contributed by atoms with Crippen LogP contribution in [0, 0.1) is 35.0 Å². The zero-order chi connectivity index (χ0) is 14.2. The summed E-state index contributed by atoms with van der Waals surface area (Å²) < 4.78 is 6.00. The van der Waals surface area contributed by atoms with Crippen molar-refractivity contribution >= 4 is 0 Å². The summed E-state index contributed by atoms with van der Waals surface area (Å²) in [5.41, 5.74) is 0.803. The van der Waals surface area contributed by atoms with Gasteiger partial charge in [-0.05, 0) is 87.4 Å². The summed E-state index contributed by atoms with van der Waals surface area (Å²) in [7, 11) is 0. The van der Waals surface area contributed by atoms with Gasteiger partial charge in [0.25, 0.3) is 0 Å². The molecule has 1 saturated heterocycles. The van der Waals surface area contributed by atoms with Gasteiger partial charge in [0.1, 0.15) is 0 Å². The van der Waals surface area contributed by atoms with E-state index in [-0.39, 0.29) is 6.10 Å². The Kier molecular flexibility index (Phi) is 2.71. The predicted molar refractivity (Wildman–Crippen MR) is 81.8 cm³/mol. The first-order valence-corrected chi connectivity index (χ1v) is 9.43. The Bertz CT molecular complexity index is 443. The van der Waals surface area contributed by atoms with Crippen molar-refractivity contribution in [1.82, 2.24) is 0 Å². The highest BCUT2D eigenvalue weighted by Crippen LogP contribution is 2.68. The molecule has 21 heavy (non-hydrogen) atoms. The third-order valence-electron chi connectivity index (χ3n) is 8.65. The second-order valence-corrected chi connectivity index (χ2v) is 9.27. The molecule has 1 N–H and O–H groups in total. The molecule has 1 heterocycles. The number of hydrogen-bond donors (Lipinski definition) is 1. The van der Waals surface area contributed by atoms with E-state index in [9.17, 15) is 5.11 Å². The Hall–Kier alpha value is -0.0800. The minimum Gasteiger partial charge on any atom is -0.393 e. The van der Waals surface area contributed by atoms with Crippen LogP contribution in [0.25, 0.3) is 0 Å². The molecule has 1 aliphatic heterocycles. The van der Waals surface area contributed by atoms with Gasteiger partial charge < -0.3 is 9.84 Å². The Morgan fingerprint density at radius 3 is 2.57 bits per heavy atom. The highest BCUT2D eigenvalue weighted by molar-refractivity contribution is 5.16. The zero-order valence-electron chi connectivity index (χ0n) is 13.4. The van der Waals surface area contributed by atoms with E-state index in [0.717, 1.165) is 49.0 Å². The monoisotopic (exact) mass is 290 g/mol. The highest BCUT2D eigenvalue weighted by Gasteiger charge is 2.68. The normalized spacial score (nSPS) is 62.0. The van der Waals surface area contributed by atoms with Gasteiger partial charge in [-0.2, -0.15) is 0 Å². The average Bonchev–Trinajstić information content (AvgIpc) is 3.20. The van der Waals surface area contributed by atoms with Gasteiger partial charge in [0.05, 0.1) is 18.3 Å². The van der Waals surface area contributed by atoms with Crippen LogP contribution in [0.1, 0.15) is 64.7 Å². The molecule has 118 valence electrons. The van der Waals surface area contributed by atoms with Crippen molar-refractivity contribution in [2.45, 2.75) is 76.4 Å². The molecule has 0 aromatic heterocycles. The lowest BCUT2D eigenvalue weighted by Gasteiger charge is -2.55. The standard InChI is InChI=1S/C19H30O2/c1-18-10-13-3-2-12-8-15(20)4-5-16(12)17(13)9-14(18)6-7-19(18)11-21-19/h12-17,20H,2-11H2,1H3/t12-,13+,14?,15?,16+,17+,18-,19+/m1/s1. The van der Waals surface area contributed by atoms with E-state index in [0.29, 0.717) is 11.0 Å². The van der Waals surface area contributed by atoms with Crippen LogP contribution < -0.4 is 0 Å². The minimum atomic E-state index is 0.00581. The zero-order valence-corrected chi connectivity index (χ0v) is 13.4. The van der Waals surface area contributed by atoms with Crippen molar-refractivity contribution in [2.24, 2.45) is 35.0 Å². The number of aliphatic hydroxyl groups excluding tert-OH is 1. The van der Waals surface area contributed by atoms with E-state index in [2.05, 4.69) is 6.92 Å². The molecule has 1 spiro atoms. The predicted octanol–water partition coefficient (Wildman–Crippen LogP) is 3.77. The molecular formula is C19H30O2. The Morgan fingerprint density at radius 2 is 1.76 bits per heavy atom. The van der Waals surface area contributed by atoms with Crippen LogP contribution in [0.2, 0.25) is 0 Å². The van der Waals surface area contributed by atoms with Crippen molar-refractivity contribution in [3.05, 3.63) is 0 Å². The molecule has 0 radical (unpaired) electrons. The van der Waals surface area contributed by atoms with E-state index in [1.54, 1.807) is 0 Å². The SMILES string of the molecule is C[C@@]12C[C@@H]3CC[C@@H]4CC(O)CC[C@@H]4[C@H]3CC1CC[C@]21CO1. The molecule has 5 rings (SSSR count). The number of hydrogen-bond acceptors (Lipinski definition) is 2. The van der Waals surface area contributed by atoms with Gasteiger partial charge in [-0.3, -0.25) is 0 Å². The summed E-state index contributed by atoms with van der Waals surface area (Å²) in [5.74, 6) is 4.64. The molecule has 0 bridgehead atoms. The largest absolute Gasteiger partial charge is 0.393 e. The maximum Gasteiger partial charge on any atom is 0.0972 e. The summed E-state index contributed by atoms with van der Waals surface area (Å²) in [5, 5.41) is 10.00. The van der Waals surface area contributed by atoms with Crippen LogP contribution in [-0.4, -0.2) is 23.4 Å². The van der Waals surface area contributed by atoms with E-state index in [4.69, 9.17) is 4.74 Å². The first kappa shape index (κ1) is 13.4. The topological polar surface area (TPSA) is 32.8 Å². The maximum atomic E-state index is 10.00. The number of rotatable bonds is 0. The van der Waals surface area contributed by atoms with Crippen LogP contribution in [0.4, 0.5) is 0 Å². The highest BCUT2D eigenvalue weighted by atomic mass is 16.6. The Labute approximate surface area is 128 Å². The molecule has 2 nitrogen and oxygen atoms in total. The number of aliphatic hydroxyl groups is 1. The smallest absolute Gasteiger partial charge is 0.0972 e. The summed E-state index contributed by atoms with van der Waals surface area (Å²) in [6.45, 7) is 3.61. The third kappa shape index (κ3) is 1.72. The van der Waals surface area contributed by atoms with Crippen LogP contribution in [-0.2, 0) is 4.74 Å². The van der Waals surface area contributed by atoms with Crippen molar-refractivity contribution in [3.63, 3.8) is 0 Å². The Morgan fingerprint density at radius 1 is 0.952 bits per heavy atom. The quantitative estimate of drug-likeness (QED) is 0.689. The van der Waals surface area contributed by atoms with Crippen LogP contribution in [0.3, 0.4) is 0 Å². The number of epoxide rings is 1. The van der Waals surface area contributed by atoms with E-state index in [1.807, 2.05) is 0 Å². The second kappa shape index (κ2) is 4.26. The molecular weight excluding hydrogens is 260 g/mol. The fraction of sp³-hybridized carbons (Fsp3) is 1.00.